The molecule has 58 valence electrons. The minimum absolute atomic E-state index is 0. The third-order valence-corrected chi connectivity index (χ3v) is 1.00. The molecule has 0 aromatic heterocycles. The molecule has 7 heteroatoms. The molecule has 0 aliphatic heterocycles. The summed E-state index contributed by atoms with van der Waals surface area (Å²) in [7, 11) is 1.34. The van der Waals surface area contributed by atoms with Gasteiger partial charge >= 0.3 is 59.1 Å². The van der Waals surface area contributed by atoms with Crippen LogP contribution < -0.4 is 74.6 Å². The Balaban J connectivity index is -0.000000405. The van der Waals surface area contributed by atoms with E-state index in [1.807, 2.05) is 0 Å². The molecule has 1 unspecified atom stereocenters. The van der Waals surface area contributed by atoms with E-state index in [1.54, 1.807) is 0 Å². The van der Waals surface area contributed by atoms with Gasteiger partial charge < -0.3 is 25.1 Å². The first-order chi connectivity index (χ1) is 4.57. The number of aliphatic carboxylic acids is 2. The minimum atomic E-state index is -1.44. The maximum atomic E-state index is 10.0. The fourth-order valence-electron chi connectivity index (χ4n) is 0.470. The second kappa shape index (κ2) is 9.98. The maximum absolute atomic E-state index is 10.0. The SMILES string of the molecule is CNC(CC(=O)[O-])C(=O)[O-].[Na+].[Na+]. The summed E-state index contributed by atoms with van der Waals surface area (Å²) in [4.78, 5) is 19.8. The summed E-state index contributed by atoms with van der Waals surface area (Å²) in [6, 6.07) is -1.16. The Labute approximate surface area is 114 Å². The Morgan fingerprint density at radius 3 is 1.83 bits per heavy atom. The second-order valence-electron chi connectivity index (χ2n) is 1.74. The zero-order chi connectivity index (χ0) is 8.15. The molecule has 0 aromatic carbocycles. The van der Waals surface area contributed by atoms with Crippen molar-refractivity contribution in [3.63, 3.8) is 0 Å². The number of nitrogens with one attached hydrogen (secondary N) is 1. The molecule has 0 rings (SSSR count). The van der Waals surface area contributed by atoms with Crippen LogP contribution in [0.4, 0.5) is 0 Å². The summed E-state index contributed by atoms with van der Waals surface area (Å²) >= 11 is 0. The Morgan fingerprint density at radius 2 is 1.75 bits per heavy atom. The smallest absolute Gasteiger partial charge is 0.550 e. The number of likely N-dealkylation sites (N-methyl/N-ethyl adjacent to an activating group) is 1. The van der Waals surface area contributed by atoms with Crippen LogP contribution in [0.5, 0.6) is 0 Å². The number of hydrogen-bond acceptors (Lipinski definition) is 5. The van der Waals surface area contributed by atoms with E-state index in [9.17, 15) is 19.8 Å². The zero-order valence-electron chi connectivity index (χ0n) is 7.42. The van der Waals surface area contributed by atoms with Gasteiger partial charge in [-0.05, 0) is 7.05 Å². The van der Waals surface area contributed by atoms with Crippen molar-refractivity contribution in [2.75, 3.05) is 7.05 Å². The third kappa shape index (κ3) is 8.99. The molecule has 0 saturated heterocycles. The summed E-state index contributed by atoms with van der Waals surface area (Å²) in [5.41, 5.74) is 0. The van der Waals surface area contributed by atoms with E-state index in [4.69, 9.17) is 0 Å². The van der Waals surface area contributed by atoms with Gasteiger partial charge in [0.25, 0.3) is 0 Å². The summed E-state index contributed by atoms with van der Waals surface area (Å²) in [6.45, 7) is 0. The molecule has 0 spiro atoms. The predicted molar refractivity (Wildman–Crippen MR) is 27.5 cm³/mol. The van der Waals surface area contributed by atoms with Gasteiger partial charge in [0.05, 0.1) is 12.0 Å². The minimum Gasteiger partial charge on any atom is -0.550 e. The van der Waals surface area contributed by atoms with Crippen molar-refractivity contribution >= 4 is 11.9 Å². The normalized spacial score (nSPS) is 10.4. The molecule has 0 bridgehead atoms. The molecular formula is C5H7NNa2O4. The first kappa shape index (κ1) is 18.6. The van der Waals surface area contributed by atoms with Crippen LogP contribution in [0.1, 0.15) is 6.42 Å². The van der Waals surface area contributed by atoms with E-state index in [0.717, 1.165) is 0 Å². The molecule has 1 atom stereocenters. The van der Waals surface area contributed by atoms with Crippen molar-refractivity contribution in [3.05, 3.63) is 0 Å². The van der Waals surface area contributed by atoms with Crippen molar-refractivity contribution < 1.29 is 78.9 Å². The summed E-state index contributed by atoms with van der Waals surface area (Å²) in [6.07, 6.45) is -0.571. The standard InChI is InChI=1S/C5H9NO4.2Na/c1-6-3(5(9)10)2-4(7)8;;/h3,6H,2H2,1H3,(H,7,8)(H,9,10);;/q;2*+1/p-2. The molecule has 0 aliphatic carbocycles. The van der Waals surface area contributed by atoms with Crippen LogP contribution in [0.25, 0.3) is 0 Å². The van der Waals surface area contributed by atoms with Crippen LogP contribution in [-0.2, 0) is 9.59 Å². The van der Waals surface area contributed by atoms with E-state index >= 15 is 0 Å². The van der Waals surface area contributed by atoms with Crippen LogP contribution in [0, 0.1) is 0 Å². The van der Waals surface area contributed by atoms with Gasteiger partial charge in [0.15, 0.2) is 0 Å². The van der Waals surface area contributed by atoms with Crippen molar-refractivity contribution in [2.24, 2.45) is 0 Å². The summed E-state index contributed by atoms with van der Waals surface area (Å²) in [5, 5.41) is 22.1. The van der Waals surface area contributed by atoms with Crippen LogP contribution in [0.2, 0.25) is 0 Å². The molecule has 0 amide bonds. The Hall–Kier alpha value is 0.900. The van der Waals surface area contributed by atoms with Crippen molar-refractivity contribution in [2.45, 2.75) is 12.5 Å². The molecule has 0 fully saturated rings. The van der Waals surface area contributed by atoms with E-state index in [0.29, 0.717) is 0 Å². The van der Waals surface area contributed by atoms with Crippen LogP contribution in [0.15, 0.2) is 0 Å². The van der Waals surface area contributed by atoms with E-state index in [2.05, 4.69) is 5.32 Å². The van der Waals surface area contributed by atoms with Crippen molar-refractivity contribution in [1.29, 1.82) is 0 Å². The molecule has 0 heterocycles. The van der Waals surface area contributed by atoms with E-state index in [1.165, 1.54) is 7.05 Å². The average molecular weight is 191 g/mol. The number of hydrogen-bond donors (Lipinski definition) is 1. The molecule has 0 radical (unpaired) electrons. The van der Waals surface area contributed by atoms with Gasteiger partial charge in [-0.15, -0.1) is 0 Å². The summed E-state index contributed by atoms with van der Waals surface area (Å²) < 4.78 is 0. The van der Waals surface area contributed by atoms with Crippen molar-refractivity contribution in [1.82, 2.24) is 5.32 Å². The van der Waals surface area contributed by atoms with Crippen molar-refractivity contribution in [3.8, 4) is 0 Å². The monoisotopic (exact) mass is 191 g/mol. The number of carboxylic acid groups (broad SMARTS) is 2. The topological polar surface area (TPSA) is 92.3 Å². The Kier molecular flexibility index (Phi) is 15.5. The molecule has 5 nitrogen and oxygen atoms in total. The fraction of sp³-hybridized carbons (Fsp3) is 0.600. The number of carboxylic acids is 2. The average Bonchev–Trinajstić information content (AvgIpc) is 1.81. The number of carbonyl (C=O) groups is 2. The van der Waals surface area contributed by atoms with Crippen LogP contribution in [0.3, 0.4) is 0 Å². The van der Waals surface area contributed by atoms with Crippen LogP contribution in [-0.4, -0.2) is 25.0 Å². The second-order valence-corrected chi connectivity index (χ2v) is 1.74. The van der Waals surface area contributed by atoms with Gasteiger partial charge in [-0.25, -0.2) is 0 Å². The van der Waals surface area contributed by atoms with Gasteiger partial charge in [0, 0.05) is 12.4 Å². The van der Waals surface area contributed by atoms with Gasteiger partial charge in [0.2, 0.25) is 0 Å². The molecule has 0 saturated carbocycles. The molecule has 12 heavy (non-hydrogen) atoms. The van der Waals surface area contributed by atoms with E-state index < -0.39 is 24.4 Å². The molecular weight excluding hydrogens is 184 g/mol. The molecule has 0 aromatic rings. The zero-order valence-corrected chi connectivity index (χ0v) is 11.4. The first-order valence-corrected chi connectivity index (χ1v) is 2.66. The largest absolute Gasteiger partial charge is 1.00 e. The number of carbonyl (C=O) groups excluding carboxylic acids is 2. The fourth-order valence-corrected chi connectivity index (χ4v) is 0.470. The predicted octanol–water partition coefficient (Wildman–Crippen LogP) is -9.53. The van der Waals surface area contributed by atoms with Gasteiger partial charge in [-0.3, -0.25) is 0 Å². The maximum Gasteiger partial charge on any atom is 1.00 e. The third-order valence-electron chi connectivity index (χ3n) is 1.00. The number of rotatable bonds is 4. The summed E-state index contributed by atoms with van der Waals surface area (Å²) in [5.74, 6) is -2.85. The quantitative estimate of drug-likeness (QED) is 0.445. The van der Waals surface area contributed by atoms with Gasteiger partial charge in [-0.1, -0.05) is 0 Å². The van der Waals surface area contributed by atoms with Crippen LogP contribution >= 0.6 is 0 Å². The molecule has 0 aliphatic rings. The van der Waals surface area contributed by atoms with Gasteiger partial charge in [0.1, 0.15) is 0 Å². The molecule has 1 N–H and O–H groups in total. The first-order valence-electron chi connectivity index (χ1n) is 2.66. The van der Waals surface area contributed by atoms with Gasteiger partial charge in [-0.2, -0.15) is 0 Å². The Morgan fingerprint density at radius 1 is 1.33 bits per heavy atom. The van der Waals surface area contributed by atoms with E-state index in [-0.39, 0.29) is 59.1 Å². The Bertz CT molecular complexity index is 152.